The average Bonchev–Trinajstić information content (AvgIpc) is 3.09. The van der Waals surface area contributed by atoms with Gasteiger partial charge in [-0.3, -0.25) is 0 Å². The molecule has 0 unspecified atom stereocenters. The third-order valence-electron chi connectivity index (χ3n) is 4.03. The number of hydrogen-bond donors (Lipinski definition) is 1. The molecule has 6 nitrogen and oxygen atoms in total. The van der Waals surface area contributed by atoms with Gasteiger partial charge >= 0.3 is 0 Å². The van der Waals surface area contributed by atoms with E-state index in [1.807, 2.05) is 18.5 Å². The topological polar surface area (TPSA) is 58.3 Å². The van der Waals surface area contributed by atoms with Crippen molar-refractivity contribution in [3.8, 4) is 0 Å². The maximum atomic E-state index is 4.75. The first kappa shape index (κ1) is 14.6. The summed E-state index contributed by atoms with van der Waals surface area (Å²) < 4.78 is 1.98. The highest BCUT2D eigenvalue weighted by Crippen LogP contribution is 2.27. The van der Waals surface area contributed by atoms with Gasteiger partial charge in [-0.1, -0.05) is 18.2 Å². The fraction of sp³-hybridized carbons (Fsp3) is 0.438. The Morgan fingerprint density at radius 1 is 1.32 bits per heavy atom. The normalized spacial score (nSPS) is 14.3. The molecule has 2 heterocycles. The van der Waals surface area contributed by atoms with Gasteiger partial charge in [0.1, 0.15) is 12.4 Å². The highest BCUT2D eigenvalue weighted by atomic mass is 15.3. The summed E-state index contributed by atoms with van der Waals surface area (Å²) >= 11 is 0. The van der Waals surface area contributed by atoms with Crippen LogP contribution in [0.1, 0.15) is 24.1 Å². The summed E-state index contributed by atoms with van der Waals surface area (Å²) in [7, 11) is 1.97. The molecule has 1 aromatic carbocycles. The number of aryl methyl sites for hydroxylation is 1. The Kier molecular flexibility index (Phi) is 4.09. The molecular weight excluding hydrogens is 276 g/mol. The van der Waals surface area contributed by atoms with Crippen LogP contribution >= 0.6 is 0 Å². The number of nitrogens with one attached hydrogen (secondary N) is 1. The zero-order chi connectivity index (χ0) is 15.5. The zero-order valence-electron chi connectivity index (χ0n) is 13.4. The summed E-state index contributed by atoms with van der Waals surface area (Å²) in [5, 5.41) is 11.6. The molecule has 0 saturated heterocycles. The minimum absolute atomic E-state index is 0.526. The molecule has 1 aliphatic heterocycles. The third-order valence-corrected chi connectivity index (χ3v) is 4.03. The van der Waals surface area contributed by atoms with Crippen molar-refractivity contribution in [3.63, 3.8) is 0 Å². The second-order valence-corrected chi connectivity index (χ2v) is 5.42. The van der Waals surface area contributed by atoms with Gasteiger partial charge in [-0.15, -0.1) is 10.2 Å². The maximum Gasteiger partial charge on any atom is 0.198 e. The van der Waals surface area contributed by atoms with Crippen molar-refractivity contribution in [2.24, 2.45) is 12.0 Å². The first-order valence-electron chi connectivity index (χ1n) is 7.69. The number of hydrogen-bond acceptors (Lipinski definition) is 3. The van der Waals surface area contributed by atoms with Gasteiger partial charge in [0.2, 0.25) is 0 Å². The predicted molar refractivity (Wildman–Crippen MR) is 88.0 cm³/mol. The summed E-state index contributed by atoms with van der Waals surface area (Å²) in [5.41, 5.74) is 2.62. The Labute approximate surface area is 130 Å². The SMILES string of the molecule is CCNC(=NCc1nnc(C)n1C)N1CCc2ccccc21. The van der Waals surface area contributed by atoms with Gasteiger partial charge in [0.15, 0.2) is 11.8 Å². The van der Waals surface area contributed by atoms with Gasteiger partial charge < -0.3 is 14.8 Å². The smallest absolute Gasteiger partial charge is 0.198 e. The second-order valence-electron chi connectivity index (χ2n) is 5.42. The fourth-order valence-corrected chi connectivity index (χ4v) is 2.69. The summed E-state index contributed by atoms with van der Waals surface area (Å²) in [4.78, 5) is 7.00. The highest BCUT2D eigenvalue weighted by molar-refractivity contribution is 5.97. The van der Waals surface area contributed by atoms with E-state index in [2.05, 4.69) is 51.6 Å². The van der Waals surface area contributed by atoms with Crippen LogP contribution in [0.25, 0.3) is 0 Å². The molecule has 0 amide bonds. The van der Waals surface area contributed by atoms with E-state index in [1.165, 1.54) is 11.3 Å². The van der Waals surface area contributed by atoms with E-state index in [4.69, 9.17) is 4.99 Å². The Balaban J connectivity index is 1.84. The molecule has 22 heavy (non-hydrogen) atoms. The van der Waals surface area contributed by atoms with E-state index in [1.54, 1.807) is 0 Å². The summed E-state index contributed by atoms with van der Waals surface area (Å²) in [5.74, 6) is 2.69. The van der Waals surface area contributed by atoms with E-state index in [9.17, 15) is 0 Å². The first-order valence-corrected chi connectivity index (χ1v) is 7.69. The molecule has 6 heteroatoms. The quantitative estimate of drug-likeness (QED) is 0.691. The van der Waals surface area contributed by atoms with E-state index < -0.39 is 0 Å². The van der Waals surface area contributed by atoms with Gasteiger partial charge in [0, 0.05) is 25.8 Å². The van der Waals surface area contributed by atoms with Crippen LogP contribution in [0, 0.1) is 6.92 Å². The molecule has 1 aromatic heterocycles. The lowest BCUT2D eigenvalue weighted by molar-refractivity contribution is 0.766. The van der Waals surface area contributed by atoms with Gasteiger partial charge in [0.05, 0.1) is 0 Å². The largest absolute Gasteiger partial charge is 0.356 e. The number of anilines is 1. The van der Waals surface area contributed by atoms with E-state index in [-0.39, 0.29) is 0 Å². The molecule has 1 N–H and O–H groups in total. The van der Waals surface area contributed by atoms with E-state index in [0.717, 1.165) is 37.1 Å². The van der Waals surface area contributed by atoms with Crippen LogP contribution < -0.4 is 10.2 Å². The Bertz CT molecular complexity index is 688. The lowest BCUT2D eigenvalue weighted by atomic mass is 10.2. The van der Waals surface area contributed by atoms with Gasteiger partial charge in [-0.25, -0.2) is 4.99 Å². The Morgan fingerprint density at radius 3 is 2.86 bits per heavy atom. The first-order chi connectivity index (χ1) is 10.7. The molecular formula is C16H22N6. The Hall–Kier alpha value is -2.37. The average molecular weight is 298 g/mol. The van der Waals surface area contributed by atoms with Crippen LogP contribution in [0.2, 0.25) is 0 Å². The second kappa shape index (κ2) is 6.17. The number of benzene rings is 1. The van der Waals surface area contributed by atoms with Crippen molar-refractivity contribution in [2.75, 3.05) is 18.0 Å². The van der Waals surface area contributed by atoms with Crippen molar-refractivity contribution in [2.45, 2.75) is 26.8 Å². The number of fused-ring (bicyclic) bond motifs is 1. The number of rotatable bonds is 3. The minimum atomic E-state index is 0.526. The number of aliphatic imine (C=N–C) groups is 1. The molecule has 0 radical (unpaired) electrons. The predicted octanol–water partition coefficient (Wildman–Crippen LogP) is 1.65. The zero-order valence-corrected chi connectivity index (χ0v) is 13.4. The monoisotopic (exact) mass is 298 g/mol. The van der Waals surface area contributed by atoms with E-state index in [0.29, 0.717) is 6.54 Å². The summed E-state index contributed by atoms with van der Waals surface area (Å²) in [6.45, 7) is 6.36. The van der Waals surface area contributed by atoms with Crippen molar-refractivity contribution in [3.05, 3.63) is 41.5 Å². The molecule has 0 bridgehead atoms. The molecule has 2 aromatic rings. The maximum absolute atomic E-state index is 4.75. The molecule has 3 rings (SSSR count). The van der Waals surface area contributed by atoms with Crippen molar-refractivity contribution in [1.82, 2.24) is 20.1 Å². The fourth-order valence-electron chi connectivity index (χ4n) is 2.69. The number of nitrogens with zero attached hydrogens (tertiary/aromatic N) is 5. The van der Waals surface area contributed by atoms with Crippen LogP contribution in [0.5, 0.6) is 0 Å². The lowest BCUT2D eigenvalue weighted by Gasteiger charge is -2.22. The third kappa shape index (κ3) is 2.68. The van der Waals surface area contributed by atoms with Crippen molar-refractivity contribution in [1.29, 1.82) is 0 Å². The summed E-state index contributed by atoms with van der Waals surface area (Å²) in [6, 6.07) is 8.51. The minimum Gasteiger partial charge on any atom is -0.356 e. The van der Waals surface area contributed by atoms with Gasteiger partial charge in [-0.05, 0) is 31.9 Å². The number of guanidine groups is 1. The summed E-state index contributed by atoms with van der Waals surface area (Å²) in [6.07, 6.45) is 1.06. The standard InChI is InChI=1S/C16H22N6/c1-4-17-16(18-11-15-20-19-12(2)21(15)3)22-10-9-13-7-5-6-8-14(13)22/h5-8H,4,9-11H2,1-3H3,(H,17,18). The van der Waals surface area contributed by atoms with Crippen molar-refractivity contribution < 1.29 is 0 Å². The molecule has 116 valence electrons. The van der Waals surface area contributed by atoms with Gasteiger partial charge in [-0.2, -0.15) is 0 Å². The lowest BCUT2D eigenvalue weighted by Crippen LogP contribution is -2.40. The van der Waals surface area contributed by atoms with Crippen molar-refractivity contribution >= 4 is 11.6 Å². The van der Waals surface area contributed by atoms with Crippen LogP contribution in [0.15, 0.2) is 29.3 Å². The molecule has 1 aliphatic rings. The van der Waals surface area contributed by atoms with Crippen LogP contribution in [0.4, 0.5) is 5.69 Å². The number of aromatic nitrogens is 3. The van der Waals surface area contributed by atoms with Crippen LogP contribution in [-0.4, -0.2) is 33.8 Å². The molecule has 0 spiro atoms. The molecule has 0 aliphatic carbocycles. The number of para-hydroxylation sites is 1. The highest BCUT2D eigenvalue weighted by Gasteiger charge is 2.22. The molecule has 0 fully saturated rings. The van der Waals surface area contributed by atoms with Gasteiger partial charge in [0.25, 0.3) is 0 Å². The van der Waals surface area contributed by atoms with Crippen LogP contribution in [-0.2, 0) is 20.0 Å². The Morgan fingerprint density at radius 2 is 2.14 bits per heavy atom. The molecule has 0 saturated carbocycles. The molecule has 0 atom stereocenters. The van der Waals surface area contributed by atoms with E-state index >= 15 is 0 Å². The van der Waals surface area contributed by atoms with Crippen LogP contribution in [0.3, 0.4) is 0 Å².